The van der Waals surface area contributed by atoms with Crippen molar-refractivity contribution in [1.82, 2.24) is 4.90 Å². The summed E-state index contributed by atoms with van der Waals surface area (Å²) in [5, 5.41) is 0.193. The lowest BCUT2D eigenvalue weighted by atomic mass is 9.87. The van der Waals surface area contributed by atoms with Crippen molar-refractivity contribution in [3.8, 4) is 17.2 Å². The van der Waals surface area contributed by atoms with Crippen molar-refractivity contribution < 1.29 is 33.3 Å². The number of halogens is 2. The number of hydrogen-bond donors (Lipinski definition) is 0. The summed E-state index contributed by atoms with van der Waals surface area (Å²) in [5.41, 5.74) is 0.782. The molecule has 1 heterocycles. The zero-order valence-corrected chi connectivity index (χ0v) is 22.5. The molecule has 2 aromatic rings. The van der Waals surface area contributed by atoms with Crippen LogP contribution in [0.25, 0.3) is 0 Å². The molecule has 0 radical (unpaired) electrons. The SMILES string of the molecule is COc1cc(OC)c(C2CCN(C)C2COC(C)=O)c(OC(=O)c2ccc(Br)cc2Cl)c1C(C)=O. The van der Waals surface area contributed by atoms with Crippen molar-refractivity contribution in [2.24, 2.45) is 0 Å². The summed E-state index contributed by atoms with van der Waals surface area (Å²) >= 11 is 9.61. The normalized spacial score (nSPS) is 17.7. The van der Waals surface area contributed by atoms with Crippen molar-refractivity contribution in [1.29, 1.82) is 0 Å². The molecular weight excluding hydrogens is 542 g/mol. The molecular formula is C25H27BrClNO7. The zero-order valence-electron chi connectivity index (χ0n) is 20.1. The molecule has 0 bridgehead atoms. The molecule has 0 spiro atoms. The van der Waals surface area contributed by atoms with Crippen LogP contribution in [0.5, 0.6) is 17.2 Å². The van der Waals surface area contributed by atoms with E-state index in [0.29, 0.717) is 28.8 Å². The molecule has 10 heteroatoms. The van der Waals surface area contributed by atoms with Gasteiger partial charge in [-0.1, -0.05) is 27.5 Å². The first-order valence-electron chi connectivity index (χ1n) is 10.9. The van der Waals surface area contributed by atoms with Crippen LogP contribution >= 0.6 is 27.5 Å². The van der Waals surface area contributed by atoms with Crippen molar-refractivity contribution in [2.75, 3.05) is 34.4 Å². The molecule has 1 aliphatic rings. The van der Waals surface area contributed by atoms with E-state index in [-0.39, 0.29) is 52.0 Å². The minimum absolute atomic E-state index is 0.0470. The first kappa shape index (κ1) is 27.0. The summed E-state index contributed by atoms with van der Waals surface area (Å²) in [7, 11) is 4.83. The van der Waals surface area contributed by atoms with E-state index in [1.54, 1.807) is 18.2 Å². The van der Waals surface area contributed by atoms with E-state index < -0.39 is 11.9 Å². The monoisotopic (exact) mass is 567 g/mol. The van der Waals surface area contributed by atoms with E-state index in [1.165, 1.54) is 34.1 Å². The minimum Gasteiger partial charge on any atom is -0.496 e. The quantitative estimate of drug-likeness (QED) is 0.253. The number of benzene rings is 2. The molecule has 188 valence electrons. The first-order valence-corrected chi connectivity index (χ1v) is 12.1. The van der Waals surface area contributed by atoms with E-state index in [4.69, 9.17) is 30.5 Å². The van der Waals surface area contributed by atoms with Gasteiger partial charge in [-0.25, -0.2) is 4.79 Å². The van der Waals surface area contributed by atoms with Gasteiger partial charge in [0.15, 0.2) is 11.5 Å². The third-order valence-corrected chi connectivity index (χ3v) is 6.84. The fourth-order valence-electron chi connectivity index (χ4n) is 4.34. The van der Waals surface area contributed by atoms with Crippen LogP contribution < -0.4 is 14.2 Å². The Bertz CT molecular complexity index is 1150. The summed E-state index contributed by atoms with van der Waals surface area (Å²) in [6, 6.07) is 6.17. The van der Waals surface area contributed by atoms with E-state index in [9.17, 15) is 14.4 Å². The van der Waals surface area contributed by atoms with E-state index in [1.807, 2.05) is 7.05 Å². The molecule has 2 unspecified atom stereocenters. The van der Waals surface area contributed by atoms with Gasteiger partial charge in [-0.3, -0.25) is 14.5 Å². The summed E-state index contributed by atoms with van der Waals surface area (Å²) in [5.74, 6) is -1.09. The van der Waals surface area contributed by atoms with Gasteiger partial charge in [-0.05, 0) is 45.1 Å². The molecule has 1 fully saturated rings. The van der Waals surface area contributed by atoms with Crippen molar-refractivity contribution in [3.05, 3.63) is 50.5 Å². The van der Waals surface area contributed by atoms with Crippen molar-refractivity contribution in [2.45, 2.75) is 32.2 Å². The Morgan fingerprint density at radius 2 is 1.80 bits per heavy atom. The third-order valence-electron chi connectivity index (χ3n) is 6.04. The van der Waals surface area contributed by atoms with Gasteiger partial charge in [-0.15, -0.1) is 0 Å². The predicted molar refractivity (Wildman–Crippen MR) is 134 cm³/mol. The van der Waals surface area contributed by atoms with Crippen LogP contribution in [0.1, 0.15) is 52.5 Å². The second-order valence-electron chi connectivity index (χ2n) is 8.21. The topological polar surface area (TPSA) is 91.4 Å². The number of nitrogens with zero attached hydrogens (tertiary/aromatic N) is 1. The summed E-state index contributed by atoms with van der Waals surface area (Å²) in [6.07, 6.45) is 0.659. The molecule has 8 nitrogen and oxygen atoms in total. The van der Waals surface area contributed by atoms with Gasteiger partial charge in [0.25, 0.3) is 0 Å². The largest absolute Gasteiger partial charge is 0.496 e. The maximum Gasteiger partial charge on any atom is 0.345 e. The van der Waals surface area contributed by atoms with Gasteiger partial charge in [0.2, 0.25) is 0 Å². The number of Topliss-reactive ketones (excluding diaryl/α,β-unsaturated/α-hetero) is 1. The number of carbonyl (C=O) groups is 3. The number of carbonyl (C=O) groups excluding carboxylic acids is 3. The summed E-state index contributed by atoms with van der Waals surface area (Å²) in [6.45, 7) is 3.55. The molecule has 2 atom stereocenters. The molecule has 0 aromatic heterocycles. The minimum atomic E-state index is -0.732. The maximum absolute atomic E-state index is 13.3. The Balaban J connectivity index is 2.20. The molecule has 0 saturated carbocycles. The van der Waals surface area contributed by atoms with Crippen molar-refractivity contribution in [3.63, 3.8) is 0 Å². The van der Waals surface area contributed by atoms with Gasteiger partial charge in [-0.2, -0.15) is 0 Å². The molecule has 0 N–H and O–H groups in total. The number of hydrogen-bond acceptors (Lipinski definition) is 8. The first-order chi connectivity index (χ1) is 16.6. The fourth-order valence-corrected chi connectivity index (χ4v) is 5.09. The number of esters is 2. The molecule has 2 aromatic carbocycles. The predicted octanol–water partition coefficient (Wildman–Crippen LogP) is 4.89. The lowest BCUT2D eigenvalue weighted by Gasteiger charge is -2.28. The highest BCUT2D eigenvalue weighted by Crippen LogP contribution is 2.48. The zero-order chi connectivity index (χ0) is 25.9. The number of rotatable bonds is 8. The summed E-state index contributed by atoms with van der Waals surface area (Å²) in [4.78, 5) is 39.6. The highest BCUT2D eigenvalue weighted by atomic mass is 79.9. The Labute approximate surface area is 217 Å². The summed E-state index contributed by atoms with van der Waals surface area (Å²) < 4.78 is 23.1. The number of ether oxygens (including phenoxy) is 4. The Morgan fingerprint density at radius 3 is 2.37 bits per heavy atom. The van der Waals surface area contributed by atoms with Crippen LogP contribution in [0.15, 0.2) is 28.7 Å². The average molecular weight is 569 g/mol. The second-order valence-corrected chi connectivity index (χ2v) is 9.54. The highest BCUT2D eigenvalue weighted by Gasteiger charge is 2.40. The third kappa shape index (κ3) is 5.79. The Hall–Kier alpha value is -2.62. The van der Waals surface area contributed by atoms with E-state index >= 15 is 0 Å². The van der Waals surface area contributed by atoms with E-state index in [2.05, 4.69) is 20.8 Å². The molecule has 35 heavy (non-hydrogen) atoms. The van der Waals surface area contributed by atoms with Gasteiger partial charge in [0.05, 0.1) is 30.8 Å². The number of likely N-dealkylation sites (tertiary alicyclic amines) is 1. The number of ketones is 1. The molecule has 0 aliphatic carbocycles. The van der Waals surface area contributed by atoms with E-state index in [0.717, 1.165) is 0 Å². The molecule has 3 rings (SSSR count). The van der Waals surface area contributed by atoms with Crippen LogP contribution in [0.4, 0.5) is 0 Å². The standard InChI is InChI=1S/C25H27BrClNO7/c1-13(29)22-20(32-4)11-21(33-5)23(17-8-9-28(3)19(17)12-34-14(2)30)24(22)35-25(31)16-7-6-15(26)10-18(16)27/h6-7,10-11,17,19H,8-9,12H2,1-5H3. The number of methoxy groups -OCH3 is 2. The molecule has 1 aliphatic heterocycles. The van der Waals surface area contributed by atoms with Crippen LogP contribution in [0, 0.1) is 0 Å². The van der Waals surface area contributed by atoms with Crippen LogP contribution in [0.2, 0.25) is 5.02 Å². The van der Waals surface area contributed by atoms with Gasteiger partial charge < -0.3 is 18.9 Å². The lowest BCUT2D eigenvalue weighted by molar-refractivity contribution is -0.142. The average Bonchev–Trinajstić information content (AvgIpc) is 3.15. The van der Waals surface area contributed by atoms with Crippen LogP contribution in [-0.2, 0) is 9.53 Å². The lowest BCUT2D eigenvalue weighted by Crippen LogP contribution is -2.34. The highest BCUT2D eigenvalue weighted by molar-refractivity contribution is 9.10. The number of likely N-dealkylation sites (N-methyl/N-ethyl adjacent to an activating group) is 1. The fraction of sp³-hybridized carbons (Fsp3) is 0.400. The molecule has 0 amide bonds. The van der Waals surface area contributed by atoms with Gasteiger partial charge in [0, 0.05) is 28.9 Å². The second kappa shape index (κ2) is 11.4. The Morgan fingerprint density at radius 1 is 1.11 bits per heavy atom. The van der Waals surface area contributed by atoms with Crippen LogP contribution in [0.3, 0.4) is 0 Å². The maximum atomic E-state index is 13.3. The smallest absolute Gasteiger partial charge is 0.345 e. The van der Waals surface area contributed by atoms with Crippen LogP contribution in [-0.4, -0.2) is 63.1 Å². The Kier molecular flexibility index (Phi) is 8.79. The van der Waals surface area contributed by atoms with Crippen molar-refractivity contribution >= 4 is 45.3 Å². The van der Waals surface area contributed by atoms with Gasteiger partial charge >= 0.3 is 11.9 Å². The molecule has 1 saturated heterocycles. The van der Waals surface area contributed by atoms with Gasteiger partial charge in [0.1, 0.15) is 23.7 Å².